The molecule has 7 heteroatoms. The van der Waals surface area contributed by atoms with Gasteiger partial charge in [-0.3, -0.25) is 9.69 Å². The average molecular weight is 391 g/mol. The molecule has 2 aliphatic heterocycles. The van der Waals surface area contributed by atoms with E-state index in [1.807, 2.05) is 17.0 Å². The van der Waals surface area contributed by atoms with Crippen molar-refractivity contribution in [3.05, 3.63) is 35.6 Å². The maximum Gasteiger partial charge on any atom is 0.227 e. The Balaban J connectivity index is 1.36. The van der Waals surface area contributed by atoms with Crippen molar-refractivity contribution in [3.63, 3.8) is 0 Å². The Morgan fingerprint density at radius 1 is 1.22 bits per heavy atom. The molecule has 0 spiro atoms. The van der Waals surface area contributed by atoms with Gasteiger partial charge in [-0.15, -0.1) is 0 Å². The van der Waals surface area contributed by atoms with E-state index in [0.29, 0.717) is 25.3 Å². The fourth-order valence-corrected chi connectivity index (χ4v) is 5.92. The molecule has 0 radical (unpaired) electrons. The second-order valence-electron chi connectivity index (χ2n) is 7.60. The molecule has 0 aliphatic carbocycles. The standard InChI is InChI=1S/C20H26N2O4S/c1-2-15-3-4-18-16(13-26-19(18)11-15)12-20(23)22-8-6-21(7-9-22)17-5-10-27(24,25)14-17/h3-4,11,13,17H,2,5-10,12,14H2,1H3. The molecule has 2 aliphatic rings. The van der Waals surface area contributed by atoms with Crippen LogP contribution in [0.15, 0.2) is 28.9 Å². The van der Waals surface area contributed by atoms with E-state index in [1.54, 1.807) is 6.26 Å². The van der Waals surface area contributed by atoms with Gasteiger partial charge < -0.3 is 9.32 Å². The first kappa shape index (κ1) is 18.5. The first-order valence-corrected chi connectivity index (χ1v) is 11.5. The predicted octanol–water partition coefficient (Wildman–Crippen LogP) is 1.87. The highest BCUT2D eigenvalue weighted by Gasteiger charge is 2.34. The van der Waals surface area contributed by atoms with Crippen molar-refractivity contribution in [1.29, 1.82) is 0 Å². The number of nitrogens with zero attached hydrogens (tertiary/aromatic N) is 2. The fourth-order valence-electron chi connectivity index (χ4n) is 4.16. The van der Waals surface area contributed by atoms with Crippen molar-refractivity contribution < 1.29 is 17.6 Å². The molecule has 1 amide bonds. The normalized spacial score (nSPS) is 23.1. The maximum atomic E-state index is 12.7. The van der Waals surface area contributed by atoms with Crippen LogP contribution in [0.2, 0.25) is 0 Å². The number of rotatable bonds is 4. The molecule has 0 N–H and O–H groups in total. The van der Waals surface area contributed by atoms with Gasteiger partial charge in [0.05, 0.1) is 24.2 Å². The molecule has 2 fully saturated rings. The smallest absolute Gasteiger partial charge is 0.227 e. The molecule has 1 atom stereocenters. The maximum absolute atomic E-state index is 12.7. The van der Waals surface area contributed by atoms with E-state index >= 15 is 0 Å². The molecular weight excluding hydrogens is 364 g/mol. The Kier molecular flexibility index (Phi) is 4.99. The Morgan fingerprint density at radius 3 is 2.67 bits per heavy atom. The summed E-state index contributed by atoms with van der Waals surface area (Å²) < 4.78 is 29.0. The van der Waals surface area contributed by atoms with Crippen molar-refractivity contribution in [2.45, 2.75) is 32.2 Å². The van der Waals surface area contributed by atoms with Crippen LogP contribution in [0.25, 0.3) is 11.0 Å². The summed E-state index contributed by atoms with van der Waals surface area (Å²) in [5.74, 6) is 0.669. The lowest BCUT2D eigenvalue weighted by Crippen LogP contribution is -2.52. The minimum atomic E-state index is -2.87. The monoisotopic (exact) mass is 390 g/mol. The van der Waals surface area contributed by atoms with Crippen LogP contribution in [0.3, 0.4) is 0 Å². The summed E-state index contributed by atoms with van der Waals surface area (Å²) in [6, 6.07) is 6.29. The van der Waals surface area contributed by atoms with Crippen molar-refractivity contribution in [1.82, 2.24) is 9.80 Å². The highest BCUT2D eigenvalue weighted by Crippen LogP contribution is 2.24. The van der Waals surface area contributed by atoms with Crippen LogP contribution in [0.5, 0.6) is 0 Å². The van der Waals surface area contributed by atoms with E-state index in [0.717, 1.165) is 42.5 Å². The van der Waals surface area contributed by atoms with Gasteiger partial charge in [0.1, 0.15) is 5.58 Å². The van der Waals surface area contributed by atoms with Crippen LogP contribution in [0, 0.1) is 0 Å². The number of amides is 1. The number of benzene rings is 1. The van der Waals surface area contributed by atoms with Gasteiger partial charge in [-0.25, -0.2) is 8.42 Å². The number of hydrogen-bond donors (Lipinski definition) is 0. The molecule has 2 aromatic rings. The van der Waals surface area contributed by atoms with E-state index in [4.69, 9.17) is 4.42 Å². The molecular formula is C20H26N2O4S. The van der Waals surface area contributed by atoms with Gasteiger partial charge in [0.15, 0.2) is 9.84 Å². The Bertz CT molecular complexity index is 942. The number of hydrogen-bond acceptors (Lipinski definition) is 5. The van der Waals surface area contributed by atoms with Crippen LogP contribution < -0.4 is 0 Å². The molecule has 27 heavy (non-hydrogen) atoms. The van der Waals surface area contributed by atoms with Crippen LogP contribution in [0.1, 0.15) is 24.5 Å². The van der Waals surface area contributed by atoms with Gasteiger partial charge >= 0.3 is 0 Å². The van der Waals surface area contributed by atoms with Crippen molar-refractivity contribution >= 4 is 26.7 Å². The van der Waals surface area contributed by atoms with Crippen LogP contribution in [0.4, 0.5) is 0 Å². The molecule has 2 saturated heterocycles. The third-order valence-corrected chi connectivity index (χ3v) is 7.61. The molecule has 3 heterocycles. The molecule has 1 aromatic carbocycles. The lowest BCUT2D eigenvalue weighted by Gasteiger charge is -2.37. The van der Waals surface area contributed by atoms with Crippen molar-refractivity contribution in [3.8, 4) is 0 Å². The summed E-state index contributed by atoms with van der Waals surface area (Å²) in [6.45, 7) is 4.92. The van der Waals surface area contributed by atoms with Gasteiger partial charge in [0, 0.05) is 43.2 Å². The topological polar surface area (TPSA) is 70.8 Å². The summed E-state index contributed by atoms with van der Waals surface area (Å²) in [6.07, 6.45) is 3.71. The zero-order valence-corrected chi connectivity index (χ0v) is 16.5. The number of piperazine rings is 1. The van der Waals surface area contributed by atoms with Crippen molar-refractivity contribution in [2.24, 2.45) is 0 Å². The predicted molar refractivity (Wildman–Crippen MR) is 105 cm³/mol. The fraction of sp³-hybridized carbons (Fsp3) is 0.550. The van der Waals surface area contributed by atoms with E-state index in [2.05, 4.69) is 17.9 Å². The van der Waals surface area contributed by atoms with Gasteiger partial charge in [-0.05, 0) is 24.5 Å². The Labute approximate surface area is 160 Å². The highest BCUT2D eigenvalue weighted by atomic mass is 32.2. The summed E-state index contributed by atoms with van der Waals surface area (Å²) in [7, 11) is -2.87. The second-order valence-corrected chi connectivity index (χ2v) is 9.82. The molecule has 1 aromatic heterocycles. The van der Waals surface area contributed by atoms with Gasteiger partial charge in [-0.2, -0.15) is 0 Å². The Hall–Kier alpha value is -1.86. The third-order valence-electron chi connectivity index (χ3n) is 5.86. The average Bonchev–Trinajstić information content (AvgIpc) is 3.24. The van der Waals surface area contributed by atoms with E-state index in [9.17, 15) is 13.2 Å². The number of aryl methyl sites for hydroxylation is 1. The number of fused-ring (bicyclic) bond motifs is 1. The van der Waals surface area contributed by atoms with Gasteiger partial charge in [-0.1, -0.05) is 19.1 Å². The lowest BCUT2D eigenvalue weighted by atomic mass is 10.1. The minimum Gasteiger partial charge on any atom is -0.464 e. The quantitative estimate of drug-likeness (QED) is 0.797. The summed E-state index contributed by atoms with van der Waals surface area (Å²) in [5, 5.41) is 1.01. The highest BCUT2D eigenvalue weighted by molar-refractivity contribution is 7.91. The first-order valence-electron chi connectivity index (χ1n) is 9.66. The zero-order chi connectivity index (χ0) is 19.0. The number of sulfone groups is 1. The van der Waals surface area contributed by atoms with Gasteiger partial charge in [0.2, 0.25) is 5.91 Å². The number of furan rings is 1. The summed E-state index contributed by atoms with van der Waals surface area (Å²) in [4.78, 5) is 16.9. The van der Waals surface area contributed by atoms with Crippen LogP contribution in [-0.2, 0) is 27.5 Å². The van der Waals surface area contributed by atoms with Gasteiger partial charge in [0.25, 0.3) is 0 Å². The SMILES string of the molecule is CCc1ccc2c(CC(=O)N3CCN(C4CCS(=O)(=O)C4)CC3)coc2c1. The molecule has 0 bridgehead atoms. The lowest BCUT2D eigenvalue weighted by molar-refractivity contribution is -0.132. The van der Waals surface area contributed by atoms with E-state index < -0.39 is 9.84 Å². The van der Waals surface area contributed by atoms with Crippen LogP contribution in [-0.4, -0.2) is 67.9 Å². The first-order chi connectivity index (χ1) is 12.9. The molecule has 146 valence electrons. The molecule has 0 saturated carbocycles. The van der Waals surface area contributed by atoms with Crippen molar-refractivity contribution in [2.75, 3.05) is 37.7 Å². The van der Waals surface area contributed by atoms with Crippen LogP contribution >= 0.6 is 0 Å². The molecule has 6 nitrogen and oxygen atoms in total. The number of carbonyl (C=O) groups excluding carboxylic acids is 1. The third kappa shape index (κ3) is 3.89. The second kappa shape index (κ2) is 7.28. The summed E-state index contributed by atoms with van der Waals surface area (Å²) in [5.41, 5.74) is 2.99. The minimum absolute atomic E-state index is 0.107. The summed E-state index contributed by atoms with van der Waals surface area (Å²) >= 11 is 0. The zero-order valence-electron chi connectivity index (χ0n) is 15.7. The number of carbonyl (C=O) groups is 1. The van der Waals surface area contributed by atoms with E-state index in [-0.39, 0.29) is 17.7 Å². The Morgan fingerprint density at radius 2 is 2.00 bits per heavy atom. The molecule has 1 unspecified atom stereocenters. The molecule has 4 rings (SSSR count). The van der Waals surface area contributed by atoms with E-state index in [1.165, 1.54) is 5.56 Å². The largest absolute Gasteiger partial charge is 0.464 e.